The molecule has 0 spiro atoms. The molecule has 6 aromatic rings. The van der Waals surface area contributed by atoms with Crippen molar-refractivity contribution < 1.29 is 4.79 Å². The molecular formula is C28H20ClN5OS2. The minimum atomic E-state index is -0.346. The zero-order chi connectivity index (χ0) is 25.5. The third-order valence-electron chi connectivity index (χ3n) is 5.97. The van der Waals surface area contributed by atoms with E-state index in [1.807, 2.05) is 37.4 Å². The number of rotatable bonds is 4. The Morgan fingerprint density at radius 1 is 0.946 bits per heavy atom. The van der Waals surface area contributed by atoms with Crippen LogP contribution in [-0.4, -0.2) is 16.0 Å². The number of thiazole rings is 1. The third kappa shape index (κ3) is 4.62. The maximum atomic E-state index is 12.4. The number of nitrogens with zero attached hydrogens (tertiary/aromatic N) is 2. The fourth-order valence-corrected chi connectivity index (χ4v) is 6.41. The summed E-state index contributed by atoms with van der Waals surface area (Å²) in [6.45, 7) is 2.02. The summed E-state index contributed by atoms with van der Waals surface area (Å²) in [5, 5.41) is 10.3. The van der Waals surface area contributed by atoms with E-state index in [1.165, 1.54) is 4.70 Å². The first-order valence-corrected chi connectivity index (χ1v) is 13.5. The molecule has 4 N–H and O–H groups in total. The average Bonchev–Trinajstić information content (AvgIpc) is 3.48. The highest BCUT2D eigenvalue weighted by atomic mass is 35.5. The smallest absolute Gasteiger partial charge is 0.323 e. The number of thiophene rings is 1. The lowest BCUT2D eigenvalue weighted by Crippen LogP contribution is -2.19. The zero-order valence-electron chi connectivity index (χ0n) is 19.6. The zero-order valence-corrected chi connectivity index (χ0v) is 22.0. The number of aryl methyl sites for hydroxylation is 1. The number of pyridine rings is 1. The number of hydrogen-bond donors (Lipinski definition) is 3. The molecule has 0 aliphatic heterocycles. The van der Waals surface area contributed by atoms with E-state index in [-0.39, 0.29) is 6.03 Å². The molecular weight excluding hydrogens is 522 g/mol. The van der Waals surface area contributed by atoms with Gasteiger partial charge in [-0.25, -0.2) is 14.8 Å². The number of benzene rings is 3. The molecule has 0 bridgehead atoms. The number of hydrogen-bond acceptors (Lipinski definition) is 6. The molecule has 2 amide bonds. The summed E-state index contributed by atoms with van der Waals surface area (Å²) in [5.41, 5.74) is 12.7. The summed E-state index contributed by atoms with van der Waals surface area (Å²) < 4.78 is 2.25. The minimum absolute atomic E-state index is 0.346. The van der Waals surface area contributed by atoms with Crippen LogP contribution >= 0.6 is 34.3 Å². The van der Waals surface area contributed by atoms with Crippen LogP contribution in [0.1, 0.15) is 5.01 Å². The second-order valence-electron chi connectivity index (χ2n) is 8.49. The highest BCUT2D eigenvalue weighted by Gasteiger charge is 2.16. The molecule has 0 aliphatic rings. The van der Waals surface area contributed by atoms with E-state index >= 15 is 0 Å². The quantitative estimate of drug-likeness (QED) is 0.209. The van der Waals surface area contributed by atoms with Crippen LogP contribution in [0.4, 0.5) is 22.0 Å². The molecule has 9 heteroatoms. The molecule has 0 saturated carbocycles. The van der Waals surface area contributed by atoms with Crippen molar-refractivity contribution in [2.24, 2.45) is 0 Å². The molecule has 182 valence electrons. The number of halogens is 1. The van der Waals surface area contributed by atoms with Gasteiger partial charge < -0.3 is 16.4 Å². The van der Waals surface area contributed by atoms with Crippen LogP contribution in [-0.2, 0) is 0 Å². The monoisotopic (exact) mass is 541 g/mol. The van der Waals surface area contributed by atoms with Crippen molar-refractivity contribution in [3.63, 3.8) is 0 Å². The number of fused-ring (bicyclic) bond motifs is 2. The van der Waals surface area contributed by atoms with Gasteiger partial charge in [-0.3, -0.25) is 0 Å². The molecule has 37 heavy (non-hydrogen) atoms. The molecule has 0 saturated heterocycles. The van der Waals surface area contributed by atoms with Gasteiger partial charge in [-0.1, -0.05) is 35.9 Å². The van der Waals surface area contributed by atoms with Crippen LogP contribution in [0.15, 0.2) is 78.3 Å². The summed E-state index contributed by atoms with van der Waals surface area (Å²) in [6.07, 6.45) is 1.84. The summed E-state index contributed by atoms with van der Waals surface area (Å²) in [7, 11) is 0. The number of carbonyl (C=O) groups is 1. The van der Waals surface area contributed by atoms with Gasteiger partial charge in [0.25, 0.3) is 0 Å². The molecule has 6 rings (SSSR count). The number of anilines is 3. The molecule has 3 heterocycles. The Hall–Kier alpha value is -3.98. The Bertz CT molecular complexity index is 1790. The standard InChI is InChI=1S/C28H20ClN5OS2/c1-15-32-23-11-17(7-10-24(23)37-15)21-13-31-27(30)25-22(14-36-26(21)25)16-5-8-19(9-6-16)33-28(35)34-20-4-2-3-18(29)12-20/h2-14H,1H3,(H2,30,31)(H2,33,34,35). The summed E-state index contributed by atoms with van der Waals surface area (Å²) in [6, 6.07) is 20.6. The van der Waals surface area contributed by atoms with Gasteiger partial charge in [0.05, 0.1) is 15.2 Å². The number of urea groups is 1. The van der Waals surface area contributed by atoms with Crippen LogP contribution in [0.5, 0.6) is 0 Å². The molecule has 6 nitrogen and oxygen atoms in total. The lowest BCUT2D eigenvalue weighted by Gasteiger charge is -2.09. The van der Waals surface area contributed by atoms with E-state index in [9.17, 15) is 4.79 Å². The first-order valence-electron chi connectivity index (χ1n) is 11.4. The largest absolute Gasteiger partial charge is 0.383 e. The van der Waals surface area contributed by atoms with Gasteiger partial charge in [0.1, 0.15) is 5.82 Å². The van der Waals surface area contributed by atoms with Crippen molar-refractivity contribution in [3.8, 4) is 22.3 Å². The fraction of sp³-hybridized carbons (Fsp3) is 0.0357. The minimum Gasteiger partial charge on any atom is -0.383 e. The van der Waals surface area contributed by atoms with Gasteiger partial charge in [-0.05, 0) is 65.9 Å². The Labute approximate surface area is 225 Å². The summed E-state index contributed by atoms with van der Waals surface area (Å²) >= 11 is 9.32. The molecule has 0 atom stereocenters. The van der Waals surface area contributed by atoms with E-state index < -0.39 is 0 Å². The van der Waals surface area contributed by atoms with E-state index in [1.54, 1.807) is 46.9 Å². The van der Waals surface area contributed by atoms with Crippen LogP contribution < -0.4 is 16.4 Å². The van der Waals surface area contributed by atoms with Crippen LogP contribution in [0.3, 0.4) is 0 Å². The Morgan fingerprint density at radius 2 is 1.73 bits per heavy atom. The Kier molecular flexibility index (Phi) is 6.00. The summed E-state index contributed by atoms with van der Waals surface area (Å²) in [4.78, 5) is 21.6. The number of nitrogen functional groups attached to an aromatic ring is 1. The van der Waals surface area contributed by atoms with E-state index in [4.69, 9.17) is 17.3 Å². The van der Waals surface area contributed by atoms with Gasteiger partial charge in [-0.2, -0.15) is 0 Å². The number of nitrogens with two attached hydrogens (primary N) is 1. The lowest BCUT2D eigenvalue weighted by atomic mass is 10.0. The molecule has 0 unspecified atom stereocenters. The molecule has 0 aliphatic carbocycles. The SMILES string of the molecule is Cc1nc2cc(-c3cnc(N)c4c(-c5ccc(NC(=O)Nc6cccc(Cl)c6)cc5)csc34)ccc2s1. The van der Waals surface area contributed by atoms with Crippen LogP contribution in [0, 0.1) is 6.92 Å². The van der Waals surface area contributed by atoms with Gasteiger partial charge >= 0.3 is 6.03 Å². The second-order valence-corrected chi connectivity index (χ2v) is 11.0. The second kappa shape index (κ2) is 9.48. The number of aromatic nitrogens is 2. The summed E-state index contributed by atoms with van der Waals surface area (Å²) in [5.74, 6) is 0.490. The fourth-order valence-electron chi connectivity index (χ4n) is 4.29. The Morgan fingerprint density at radius 3 is 2.54 bits per heavy atom. The van der Waals surface area contributed by atoms with Crippen molar-refractivity contribution in [1.29, 1.82) is 0 Å². The van der Waals surface area contributed by atoms with E-state index in [0.29, 0.717) is 22.2 Å². The maximum Gasteiger partial charge on any atom is 0.323 e. The number of nitrogens with one attached hydrogen (secondary N) is 2. The first-order chi connectivity index (χ1) is 17.9. The van der Waals surface area contributed by atoms with Gasteiger partial charge in [0, 0.05) is 43.8 Å². The molecule has 3 aromatic carbocycles. The number of carbonyl (C=O) groups excluding carboxylic acids is 1. The molecule has 3 aromatic heterocycles. The predicted octanol–water partition coefficient (Wildman–Crippen LogP) is 8.43. The maximum absolute atomic E-state index is 12.4. The highest BCUT2D eigenvalue weighted by Crippen LogP contribution is 2.42. The van der Waals surface area contributed by atoms with Crippen molar-refractivity contribution in [2.45, 2.75) is 6.92 Å². The Balaban J connectivity index is 1.29. The van der Waals surface area contributed by atoms with Crippen LogP contribution in [0.2, 0.25) is 5.02 Å². The van der Waals surface area contributed by atoms with Crippen molar-refractivity contribution in [2.75, 3.05) is 16.4 Å². The lowest BCUT2D eigenvalue weighted by molar-refractivity contribution is 0.262. The first kappa shape index (κ1) is 23.4. The third-order valence-corrected chi connectivity index (χ3v) is 8.17. The average molecular weight is 542 g/mol. The van der Waals surface area contributed by atoms with Crippen molar-refractivity contribution >= 4 is 77.8 Å². The predicted molar refractivity (Wildman–Crippen MR) is 157 cm³/mol. The molecule has 0 fully saturated rings. The van der Waals surface area contributed by atoms with Gasteiger partial charge in [0.2, 0.25) is 0 Å². The van der Waals surface area contributed by atoms with E-state index in [0.717, 1.165) is 42.9 Å². The molecule has 0 radical (unpaired) electrons. The topological polar surface area (TPSA) is 92.9 Å². The van der Waals surface area contributed by atoms with Gasteiger partial charge in [0.15, 0.2) is 0 Å². The van der Waals surface area contributed by atoms with Crippen molar-refractivity contribution in [1.82, 2.24) is 9.97 Å². The number of amides is 2. The van der Waals surface area contributed by atoms with Gasteiger partial charge in [-0.15, -0.1) is 22.7 Å². The van der Waals surface area contributed by atoms with Crippen LogP contribution in [0.25, 0.3) is 42.6 Å². The normalized spacial score (nSPS) is 11.2. The van der Waals surface area contributed by atoms with Crippen molar-refractivity contribution in [3.05, 3.63) is 88.3 Å². The highest BCUT2D eigenvalue weighted by molar-refractivity contribution is 7.19. The van der Waals surface area contributed by atoms with E-state index in [2.05, 4.69) is 44.2 Å².